The molecule has 4 nitrogen and oxygen atoms in total. The molecule has 0 heterocycles. The van der Waals surface area contributed by atoms with Crippen LogP contribution in [-0.2, 0) is 0 Å². The summed E-state index contributed by atoms with van der Waals surface area (Å²) in [4.78, 5) is 0. The molecule has 0 amide bonds. The summed E-state index contributed by atoms with van der Waals surface area (Å²) in [5.41, 5.74) is 1.03. The topological polar surface area (TPSA) is 62.5 Å². The third-order valence-corrected chi connectivity index (χ3v) is 3.02. The second-order valence-corrected chi connectivity index (χ2v) is 4.58. The van der Waals surface area contributed by atoms with Crippen molar-refractivity contribution in [1.29, 1.82) is 5.26 Å². The minimum atomic E-state index is -0.884. The first kappa shape index (κ1) is 15.8. The molecule has 0 bridgehead atoms. The zero-order valence-electron chi connectivity index (χ0n) is 12.1. The number of hydrogen-bond donors (Lipinski definition) is 1. The maximum atomic E-state index is 12.9. The van der Waals surface area contributed by atoms with Gasteiger partial charge in [-0.05, 0) is 36.8 Å². The number of nitriles is 1. The largest absolute Gasteiger partial charge is 0.490 e. The van der Waals surface area contributed by atoms with Gasteiger partial charge in [0.05, 0.1) is 18.2 Å². The Morgan fingerprint density at radius 3 is 2.50 bits per heavy atom. The molecular weight excluding hydrogens is 285 g/mol. The molecule has 0 fully saturated rings. The van der Waals surface area contributed by atoms with Gasteiger partial charge < -0.3 is 14.6 Å². The SMILES string of the molecule is CCOc1cc(C#N)ccc1OCC(O)c1ccc(F)cc1. The number of aliphatic hydroxyl groups excluding tert-OH is 1. The van der Waals surface area contributed by atoms with Crippen molar-refractivity contribution in [2.45, 2.75) is 13.0 Å². The Hall–Kier alpha value is -2.58. The quantitative estimate of drug-likeness (QED) is 0.890. The summed E-state index contributed by atoms with van der Waals surface area (Å²) in [7, 11) is 0. The molecule has 114 valence electrons. The van der Waals surface area contributed by atoms with Crippen molar-refractivity contribution in [3.8, 4) is 17.6 Å². The van der Waals surface area contributed by atoms with Gasteiger partial charge in [0.2, 0.25) is 0 Å². The van der Waals surface area contributed by atoms with Crippen LogP contribution in [-0.4, -0.2) is 18.3 Å². The Labute approximate surface area is 128 Å². The molecule has 0 saturated heterocycles. The van der Waals surface area contributed by atoms with Crippen LogP contribution < -0.4 is 9.47 Å². The number of hydrogen-bond acceptors (Lipinski definition) is 4. The molecule has 5 heteroatoms. The molecule has 0 radical (unpaired) electrons. The van der Waals surface area contributed by atoms with E-state index < -0.39 is 6.10 Å². The van der Waals surface area contributed by atoms with Crippen LogP contribution in [0.3, 0.4) is 0 Å². The number of aliphatic hydroxyl groups is 1. The molecule has 0 saturated carbocycles. The van der Waals surface area contributed by atoms with Crippen LogP contribution in [0.2, 0.25) is 0 Å². The standard InChI is InChI=1S/C17H16FNO3/c1-2-21-17-9-12(10-19)3-8-16(17)22-11-15(20)13-4-6-14(18)7-5-13/h3-9,15,20H,2,11H2,1H3. The van der Waals surface area contributed by atoms with E-state index in [1.165, 1.54) is 24.3 Å². The lowest BCUT2D eigenvalue weighted by Gasteiger charge is -2.15. The average molecular weight is 301 g/mol. The van der Waals surface area contributed by atoms with Gasteiger partial charge in [-0.3, -0.25) is 0 Å². The number of halogens is 1. The second kappa shape index (κ2) is 7.43. The molecule has 0 spiro atoms. The first-order valence-electron chi connectivity index (χ1n) is 6.87. The van der Waals surface area contributed by atoms with Crippen molar-refractivity contribution in [3.05, 3.63) is 59.4 Å². The normalized spacial score (nSPS) is 11.5. The van der Waals surface area contributed by atoms with Crippen molar-refractivity contribution >= 4 is 0 Å². The van der Waals surface area contributed by atoms with Gasteiger partial charge in [-0.2, -0.15) is 5.26 Å². The van der Waals surface area contributed by atoms with E-state index in [-0.39, 0.29) is 12.4 Å². The van der Waals surface area contributed by atoms with Gasteiger partial charge in [-0.25, -0.2) is 4.39 Å². The molecule has 0 aromatic heterocycles. The van der Waals surface area contributed by atoms with E-state index in [0.717, 1.165) is 0 Å². The van der Waals surface area contributed by atoms with Crippen LogP contribution >= 0.6 is 0 Å². The van der Waals surface area contributed by atoms with Crippen molar-refractivity contribution in [2.75, 3.05) is 13.2 Å². The summed E-state index contributed by atoms with van der Waals surface area (Å²) in [5, 5.41) is 18.9. The van der Waals surface area contributed by atoms with Gasteiger partial charge >= 0.3 is 0 Å². The van der Waals surface area contributed by atoms with E-state index >= 15 is 0 Å². The first-order chi connectivity index (χ1) is 10.6. The highest BCUT2D eigenvalue weighted by Gasteiger charge is 2.12. The fourth-order valence-electron chi connectivity index (χ4n) is 1.92. The summed E-state index contributed by atoms with van der Waals surface area (Å²) < 4.78 is 23.8. The van der Waals surface area contributed by atoms with Gasteiger partial charge in [0.1, 0.15) is 18.5 Å². The lowest BCUT2D eigenvalue weighted by molar-refractivity contribution is 0.106. The van der Waals surface area contributed by atoms with Crippen molar-refractivity contribution in [3.63, 3.8) is 0 Å². The van der Waals surface area contributed by atoms with Gasteiger partial charge in [0.25, 0.3) is 0 Å². The maximum absolute atomic E-state index is 12.9. The molecule has 2 aromatic rings. The smallest absolute Gasteiger partial charge is 0.162 e. The van der Waals surface area contributed by atoms with E-state index in [1.807, 2.05) is 13.0 Å². The Balaban J connectivity index is 2.07. The van der Waals surface area contributed by atoms with Crippen LogP contribution in [0, 0.1) is 17.1 Å². The monoisotopic (exact) mass is 301 g/mol. The zero-order valence-corrected chi connectivity index (χ0v) is 12.1. The maximum Gasteiger partial charge on any atom is 0.162 e. The summed E-state index contributed by atoms with van der Waals surface area (Å²) >= 11 is 0. The Bertz CT molecular complexity index is 665. The number of rotatable bonds is 6. The van der Waals surface area contributed by atoms with Gasteiger partial charge in [-0.1, -0.05) is 12.1 Å². The Morgan fingerprint density at radius 2 is 1.86 bits per heavy atom. The third-order valence-electron chi connectivity index (χ3n) is 3.02. The lowest BCUT2D eigenvalue weighted by atomic mass is 10.1. The number of benzene rings is 2. The summed E-state index contributed by atoms with van der Waals surface area (Å²) in [6.45, 7) is 2.26. The summed E-state index contributed by atoms with van der Waals surface area (Å²) in [6.07, 6.45) is -0.884. The molecule has 1 atom stereocenters. The molecule has 1 unspecified atom stereocenters. The first-order valence-corrected chi connectivity index (χ1v) is 6.87. The van der Waals surface area contributed by atoms with Crippen LogP contribution in [0.5, 0.6) is 11.5 Å². The van der Waals surface area contributed by atoms with Crippen LogP contribution in [0.1, 0.15) is 24.2 Å². The lowest BCUT2D eigenvalue weighted by Crippen LogP contribution is -2.10. The fraction of sp³-hybridized carbons (Fsp3) is 0.235. The van der Waals surface area contributed by atoms with Crippen LogP contribution in [0.15, 0.2) is 42.5 Å². The number of ether oxygens (including phenoxy) is 2. The molecule has 22 heavy (non-hydrogen) atoms. The highest BCUT2D eigenvalue weighted by atomic mass is 19.1. The molecule has 1 N–H and O–H groups in total. The van der Waals surface area contributed by atoms with Gasteiger partial charge in [0, 0.05) is 6.07 Å². The molecule has 0 aliphatic rings. The van der Waals surface area contributed by atoms with Gasteiger partial charge in [-0.15, -0.1) is 0 Å². The van der Waals surface area contributed by atoms with E-state index in [0.29, 0.717) is 29.2 Å². The predicted molar refractivity (Wildman–Crippen MR) is 79.2 cm³/mol. The molecule has 0 aliphatic heterocycles. The Kier molecular flexibility index (Phi) is 5.34. The minimum absolute atomic E-state index is 0.00237. The van der Waals surface area contributed by atoms with Crippen molar-refractivity contribution < 1.29 is 19.0 Å². The Morgan fingerprint density at radius 1 is 1.14 bits per heavy atom. The molecule has 2 aromatic carbocycles. The second-order valence-electron chi connectivity index (χ2n) is 4.58. The summed E-state index contributed by atoms with van der Waals surface area (Å²) in [5.74, 6) is 0.539. The van der Waals surface area contributed by atoms with Crippen molar-refractivity contribution in [2.24, 2.45) is 0 Å². The van der Waals surface area contributed by atoms with E-state index in [2.05, 4.69) is 0 Å². The summed E-state index contributed by atoms with van der Waals surface area (Å²) in [6, 6.07) is 12.4. The fourth-order valence-corrected chi connectivity index (χ4v) is 1.92. The number of nitrogens with zero attached hydrogens (tertiary/aromatic N) is 1. The molecule has 2 rings (SSSR count). The van der Waals surface area contributed by atoms with Crippen molar-refractivity contribution in [1.82, 2.24) is 0 Å². The van der Waals surface area contributed by atoms with E-state index in [4.69, 9.17) is 14.7 Å². The zero-order chi connectivity index (χ0) is 15.9. The van der Waals surface area contributed by atoms with E-state index in [1.54, 1.807) is 18.2 Å². The van der Waals surface area contributed by atoms with Crippen LogP contribution in [0.4, 0.5) is 4.39 Å². The average Bonchev–Trinajstić information content (AvgIpc) is 2.54. The van der Waals surface area contributed by atoms with Crippen LogP contribution in [0.25, 0.3) is 0 Å². The highest BCUT2D eigenvalue weighted by molar-refractivity contribution is 5.46. The molecule has 0 aliphatic carbocycles. The van der Waals surface area contributed by atoms with Gasteiger partial charge in [0.15, 0.2) is 11.5 Å². The minimum Gasteiger partial charge on any atom is -0.490 e. The van der Waals surface area contributed by atoms with E-state index in [9.17, 15) is 9.50 Å². The highest BCUT2D eigenvalue weighted by Crippen LogP contribution is 2.29. The molecular formula is C17H16FNO3. The third kappa shape index (κ3) is 3.96. The predicted octanol–water partition coefficient (Wildman–Crippen LogP) is 3.21.